The van der Waals surface area contributed by atoms with E-state index in [9.17, 15) is 9.36 Å². The molecule has 1 N–H and O–H groups in total. The first-order valence-electron chi connectivity index (χ1n) is 7.71. The van der Waals surface area contributed by atoms with E-state index in [1.165, 1.54) is 18.5 Å². The van der Waals surface area contributed by atoms with Crippen molar-refractivity contribution >= 4 is 23.8 Å². The monoisotopic (exact) mass is 359 g/mol. The van der Waals surface area contributed by atoms with Crippen LogP contribution in [0.25, 0.3) is 0 Å². The molecule has 0 spiro atoms. The van der Waals surface area contributed by atoms with Crippen LogP contribution in [-0.2, 0) is 25.4 Å². The number of nitrogens with one attached hydrogen (secondary N) is 1. The van der Waals surface area contributed by atoms with Crippen molar-refractivity contribution in [1.29, 1.82) is 0 Å². The first-order valence-corrected chi connectivity index (χ1v) is 11.2. The molecule has 0 fully saturated rings. The number of esters is 1. The molecule has 0 saturated carbocycles. The van der Waals surface area contributed by atoms with Gasteiger partial charge in [0.25, 0.3) is 0 Å². The molecule has 5 nitrogen and oxygen atoms in total. The van der Waals surface area contributed by atoms with Crippen LogP contribution < -0.4 is 5.09 Å². The number of hydrogen-bond acceptors (Lipinski definition) is 5. The van der Waals surface area contributed by atoms with Gasteiger partial charge in [-0.1, -0.05) is 55.1 Å². The van der Waals surface area contributed by atoms with E-state index in [1.807, 2.05) is 30.3 Å². The molecule has 1 rings (SSSR count). The van der Waals surface area contributed by atoms with Crippen LogP contribution in [0.15, 0.2) is 30.3 Å². The Morgan fingerprint density at radius 2 is 2.04 bits per heavy atom. The Kier molecular flexibility index (Phi) is 9.56. The van der Waals surface area contributed by atoms with E-state index in [1.54, 1.807) is 6.92 Å². The quantitative estimate of drug-likeness (QED) is 0.365. The SMILES string of the molecule is CCCCSP(=O)(COC)N[C@@H](C)C(=O)OCc1ccccc1. The zero-order valence-corrected chi connectivity index (χ0v) is 15.7. The lowest BCUT2D eigenvalue weighted by molar-refractivity contribution is -0.146. The molecule has 0 bridgehead atoms. The highest BCUT2D eigenvalue weighted by atomic mass is 32.7. The van der Waals surface area contributed by atoms with Gasteiger partial charge in [0.1, 0.15) is 19.0 Å². The van der Waals surface area contributed by atoms with Crippen LogP contribution >= 0.6 is 17.9 Å². The Hall–Kier alpha value is -0.810. The number of ether oxygens (including phenoxy) is 2. The maximum absolute atomic E-state index is 12.8. The van der Waals surface area contributed by atoms with Crippen molar-refractivity contribution in [2.45, 2.75) is 39.3 Å². The average Bonchev–Trinajstić information content (AvgIpc) is 2.54. The summed E-state index contributed by atoms with van der Waals surface area (Å²) in [5.41, 5.74) is 0.922. The Labute approximate surface area is 142 Å². The van der Waals surface area contributed by atoms with E-state index in [-0.39, 0.29) is 13.0 Å². The minimum absolute atomic E-state index is 0.0949. The van der Waals surface area contributed by atoms with Gasteiger partial charge >= 0.3 is 5.97 Å². The number of hydrogen-bond donors (Lipinski definition) is 1. The fraction of sp³-hybridized carbons (Fsp3) is 0.562. The Morgan fingerprint density at radius 3 is 2.65 bits per heavy atom. The zero-order valence-electron chi connectivity index (χ0n) is 14.0. The molecular weight excluding hydrogens is 333 g/mol. The molecule has 130 valence electrons. The predicted octanol–water partition coefficient (Wildman–Crippen LogP) is 4.04. The molecule has 2 atom stereocenters. The first-order chi connectivity index (χ1) is 11.0. The summed E-state index contributed by atoms with van der Waals surface area (Å²) in [7, 11) is 1.51. The second-order valence-corrected chi connectivity index (χ2v) is 10.3. The summed E-state index contributed by atoms with van der Waals surface area (Å²) in [5.74, 6) is 0.358. The molecule has 0 aliphatic rings. The second kappa shape index (κ2) is 10.9. The number of rotatable bonds is 11. The van der Waals surface area contributed by atoms with E-state index < -0.39 is 18.5 Å². The lowest BCUT2D eigenvalue weighted by atomic mass is 10.2. The van der Waals surface area contributed by atoms with Gasteiger partial charge in [0.15, 0.2) is 0 Å². The molecule has 1 aromatic rings. The summed E-state index contributed by atoms with van der Waals surface area (Å²) in [6, 6.07) is 8.83. The van der Waals surface area contributed by atoms with Gasteiger partial charge in [-0.2, -0.15) is 0 Å². The molecule has 0 amide bonds. The van der Waals surface area contributed by atoms with Crippen molar-refractivity contribution < 1.29 is 18.8 Å². The van der Waals surface area contributed by atoms with Crippen molar-refractivity contribution in [2.24, 2.45) is 0 Å². The number of methoxy groups -OCH3 is 1. The molecule has 0 aromatic heterocycles. The molecule has 0 radical (unpaired) electrons. The second-order valence-electron chi connectivity index (χ2n) is 5.22. The first kappa shape index (κ1) is 20.2. The van der Waals surface area contributed by atoms with Gasteiger partial charge in [-0.3, -0.25) is 9.36 Å². The van der Waals surface area contributed by atoms with Crippen LogP contribution in [0.2, 0.25) is 0 Å². The van der Waals surface area contributed by atoms with Crippen LogP contribution in [0.3, 0.4) is 0 Å². The topological polar surface area (TPSA) is 64.6 Å². The summed E-state index contributed by atoms with van der Waals surface area (Å²) < 4.78 is 23.1. The van der Waals surface area contributed by atoms with Crippen molar-refractivity contribution in [3.63, 3.8) is 0 Å². The third kappa shape index (κ3) is 8.02. The highest BCUT2D eigenvalue weighted by molar-refractivity contribution is 8.57. The standard InChI is InChI=1S/C16H26NO4PS/c1-4-5-11-23-22(19,13-20-3)17-14(2)16(18)21-12-15-9-7-6-8-10-15/h6-10,14H,4-5,11-13H2,1-3H3,(H,17,19)/t14-,22?/m0/s1. The molecule has 0 saturated heterocycles. The van der Waals surface area contributed by atoms with E-state index in [2.05, 4.69) is 12.0 Å². The summed E-state index contributed by atoms with van der Waals surface area (Å²) >= 11 is 1.34. The van der Waals surface area contributed by atoms with Crippen molar-refractivity contribution in [2.75, 3.05) is 19.2 Å². The molecule has 0 aliphatic carbocycles. The maximum atomic E-state index is 12.8. The van der Waals surface area contributed by atoms with Gasteiger partial charge in [0.2, 0.25) is 6.49 Å². The summed E-state index contributed by atoms with van der Waals surface area (Å²) in [6.45, 7) is 1.15. The van der Waals surface area contributed by atoms with Gasteiger partial charge in [-0.15, -0.1) is 0 Å². The van der Waals surface area contributed by atoms with Crippen LogP contribution in [0.4, 0.5) is 0 Å². The van der Waals surface area contributed by atoms with Crippen LogP contribution in [0.1, 0.15) is 32.3 Å². The molecule has 1 aromatic carbocycles. The third-order valence-electron chi connectivity index (χ3n) is 3.06. The Morgan fingerprint density at radius 1 is 1.35 bits per heavy atom. The van der Waals surface area contributed by atoms with Gasteiger partial charge in [0.05, 0.1) is 0 Å². The largest absolute Gasteiger partial charge is 0.460 e. The predicted molar refractivity (Wildman–Crippen MR) is 95.7 cm³/mol. The van der Waals surface area contributed by atoms with E-state index in [4.69, 9.17) is 9.47 Å². The zero-order chi connectivity index (χ0) is 17.1. The molecular formula is C16H26NO4PS. The van der Waals surface area contributed by atoms with E-state index in [0.717, 1.165) is 24.2 Å². The van der Waals surface area contributed by atoms with Crippen molar-refractivity contribution in [3.05, 3.63) is 35.9 Å². The molecule has 7 heteroatoms. The third-order valence-corrected chi connectivity index (χ3v) is 7.76. The van der Waals surface area contributed by atoms with E-state index in [0.29, 0.717) is 0 Å². The fourth-order valence-electron chi connectivity index (χ4n) is 1.84. The molecule has 23 heavy (non-hydrogen) atoms. The molecule has 1 unspecified atom stereocenters. The molecule has 0 heterocycles. The summed E-state index contributed by atoms with van der Waals surface area (Å²) in [4.78, 5) is 12.1. The summed E-state index contributed by atoms with van der Waals surface area (Å²) in [5, 5.41) is 2.91. The number of benzene rings is 1. The number of carbonyl (C=O) groups excluding carboxylic acids is 1. The molecule has 0 aliphatic heterocycles. The van der Waals surface area contributed by atoms with Crippen LogP contribution in [0.5, 0.6) is 0 Å². The minimum atomic E-state index is -2.81. The number of unbranched alkanes of at least 4 members (excludes halogenated alkanes) is 1. The Balaban J connectivity index is 2.50. The van der Waals surface area contributed by atoms with Crippen LogP contribution in [-0.4, -0.2) is 31.2 Å². The minimum Gasteiger partial charge on any atom is -0.460 e. The highest BCUT2D eigenvalue weighted by Crippen LogP contribution is 2.55. The average molecular weight is 359 g/mol. The van der Waals surface area contributed by atoms with E-state index >= 15 is 0 Å². The normalized spacial score (nSPS) is 14.9. The van der Waals surface area contributed by atoms with Gasteiger partial charge < -0.3 is 9.47 Å². The van der Waals surface area contributed by atoms with Crippen molar-refractivity contribution in [1.82, 2.24) is 5.09 Å². The maximum Gasteiger partial charge on any atom is 0.323 e. The lowest BCUT2D eigenvalue weighted by Gasteiger charge is -2.21. The van der Waals surface area contributed by atoms with Crippen molar-refractivity contribution in [3.8, 4) is 0 Å². The summed E-state index contributed by atoms with van der Waals surface area (Å²) in [6.07, 6.45) is 2.11. The smallest absolute Gasteiger partial charge is 0.323 e. The fourth-order valence-corrected chi connectivity index (χ4v) is 6.32. The van der Waals surface area contributed by atoms with Gasteiger partial charge in [0, 0.05) is 12.9 Å². The van der Waals surface area contributed by atoms with Crippen LogP contribution in [0, 0.1) is 0 Å². The van der Waals surface area contributed by atoms with Gasteiger partial charge in [-0.25, -0.2) is 5.09 Å². The lowest BCUT2D eigenvalue weighted by Crippen LogP contribution is -2.33. The number of carbonyl (C=O) groups is 1. The highest BCUT2D eigenvalue weighted by Gasteiger charge is 2.28. The Bertz CT molecular complexity index is 512. The van der Waals surface area contributed by atoms with Gasteiger partial charge in [-0.05, 0) is 18.9 Å².